The lowest BCUT2D eigenvalue weighted by Crippen LogP contribution is -2.10. The zero-order valence-electron chi connectivity index (χ0n) is 31.5. The van der Waals surface area contributed by atoms with Crippen LogP contribution in [0.5, 0.6) is 0 Å². The molecule has 9 aromatic carbocycles. The molecule has 0 spiro atoms. The molecule has 0 saturated carbocycles. The summed E-state index contributed by atoms with van der Waals surface area (Å²) in [5, 5.41) is 7.60. The van der Waals surface area contributed by atoms with Crippen LogP contribution in [0.1, 0.15) is 0 Å². The van der Waals surface area contributed by atoms with Gasteiger partial charge in [-0.15, -0.1) is 11.3 Å². The van der Waals surface area contributed by atoms with E-state index in [1.54, 1.807) is 0 Å². The molecular weight excluding hydrogens is 723 g/mol. The molecule has 0 fully saturated rings. The summed E-state index contributed by atoms with van der Waals surface area (Å²) >= 11 is 1.87. The fourth-order valence-electron chi connectivity index (χ4n) is 9.09. The second-order valence-corrected chi connectivity index (χ2v) is 16.1. The Kier molecular flexibility index (Phi) is 7.40. The average Bonchev–Trinajstić information content (AvgIpc) is 3.94. The number of hydrogen-bond donors (Lipinski definition) is 0. The molecule has 12 aromatic rings. The number of nitrogens with zero attached hydrogens (tertiary/aromatic N) is 3. The number of thiophene rings is 1. The van der Waals surface area contributed by atoms with Crippen molar-refractivity contribution in [2.45, 2.75) is 0 Å². The first-order valence-electron chi connectivity index (χ1n) is 19.8. The van der Waals surface area contributed by atoms with Gasteiger partial charge in [0, 0.05) is 70.2 Å². The maximum absolute atomic E-state index is 2.44. The van der Waals surface area contributed by atoms with Gasteiger partial charge in [-0.3, -0.25) is 0 Å². The Morgan fingerprint density at radius 1 is 0.293 bits per heavy atom. The Balaban J connectivity index is 1.09. The lowest BCUT2D eigenvalue weighted by atomic mass is 10.0. The highest BCUT2D eigenvalue weighted by Gasteiger charge is 2.19. The summed E-state index contributed by atoms with van der Waals surface area (Å²) in [5.74, 6) is 0. The van der Waals surface area contributed by atoms with Crippen molar-refractivity contribution < 1.29 is 0 Å². The monoisotopic (exact) mass is 757 g/mol. The van der Waals surface area contributed by atoms with Crippen molar-refractivity contribution in [3.05, 3.63) is 212 Å². The third-order valence-corrected chi connectivity index (χ3v) is 12.8. The van der Waals surface area contributed by atoms with Crippen LogP contribution >= 0.6 is 11.3 Å². The first-order valence-corrected chi connectivity index (χ1v) is 20.6. The van der Waals surface area contributed by atoms with Crippen molar-refractivity contribution in [1.29, 1.82) is 0 Å². The SMILES string of the molecule is c1ccc(N(c2ccccc2)c2cccc(-n3c4ccc(-c5ccc6c(c5)sc5ccccc56)cc4c4cc(-n5c6ccccc6c6ccccc65)ccc43)c2)cc1. The van der Waals surface area contributed by atoms with E-state index in [1.807, 2.05) is 11.3 Å². The zero-order chi connectivity index (χ0) is 38.2. The van der Waals surface area contributed by atoms with Crippen LogP contribution < -0.4 is 4.90 Å². The summed E-state index contributed by atoms with van der Waals surface area (Å²) in [6.45, 7) is 0. The Bertz CT molecular complexity index is 3430. The molecule has 0 radical (unpaired) electrons. The highest BCUT2D eigenvalue weighted by Crippen LogP contribution is 2.42. The molecule has 0 amide bonds. The summed E-state index contributed by atoms with van der Waals surface area (Å²) in [5.41, 5.74) is 12.8. The second kappa shape index (κ2) is 13.1. The smallest absolute Gasteiger partial charge is 0.0542 e. The molecule has 12 rings (SSSR count). The molecule has 3 aromatic heterocycles. The Morgan fingerprint density at radius 2 is 0.793 bits per heavy atom. The van der Waals surface area contributed by atoms with Gasteiger partial charge < -0.3 is 14.0 Å². The van der Waals surface area contributed by atoms with Gasteiger partial charge in [0.15, 0.2) is 0 Å². The van der Waals surface area contributed by atoms with Crippen molar-refractivity contribution in [1.82, 2.24) is 9.13 Å². The van der Waals surface area contributed by atoms with E-state index in [-0.39, 0.29) is 0 Å². The molecule has 58 heavy (non-hydrogen) atoms. The van der Waals surface area contributed by atoms with Gasteiger partial charge in [-0.05, 0) is 108 Å². The first-order chi connectivity index (χ1) is 28.8. The topological polar surface area (TPSA) is 13.1 Å². The third-order valence-electron chi connectivity index (χ3n) is 11.7. The molecular formula is C54H35N3S. The summed E-state index contributed by atoms with van der Waals surface area (Å²) in [4.78, 5) is 2.33. The maximum atomic E-state index is 2.44. The summed E-state index contributed by atoms with van der Waals surface area (Å²) in [6.07, 6.45) is 0. The highest BCUT2D eigenvalue weighted by atomic mass is 32.1. The van der Waals surface area contributed by atoms with Gasteiger partial charge in [0.2, 0.25) is 0 Å². The number of rotatable bonds is 6. The fraction of sp³-hybridized carbons (Fsp3) is 0. The van der Waals surface area contributed by atoms with Crippen molar-refractivity contribution in [3.8, 4) is 22.5 Å². The number of hydrogen-bond acceptors (Lipinski definition) is 2. The molecule has 0 atom stereocenters. The van der Waals surface area contributed by atoms with Gasteiger partial charge in [0.25, 0.3) is 0 Å². The van der Waals surface area contributed by atoms with E-state index in [9.17, 15) is 0 Å². The minimum Gasteiger partial charge on any atom is -0.310 e. The number of para-hydroxylation sites is 4. The first kappa shape index (κ1) is 32.8. The molecule has 272 valence electrons. The van der Waals surface area contributed by atoms with Crippen LogP contribution in [-0.4, -0.2) is 9.13 Å². The van der Waals surface area contributed by atoms with Gasteiger partial charge >= 0.3 is 0 Å². The predicted octanol–water partition coefficient (Wildman–Crippen LogP) is 15.4. The predicted molar refractivity (Wildman–Crippen MR) is 248 cm³/mol. The number of fused-ring (bicyclic) bond motifs is 9. The normalized spacial score (nSPS) is 11.8. The van der Waals surface area contributed by atoms with Crippen molar-refractivity contribution in [2.75, 3.05) is 4.90 Å². The Labute approximate surface area is 339 Å². The van der Waals surface area contributed by atoms with Crippen LogP contribution in [0.25, 0.3) is 86.3 Å². The van der Waals surface area contributed by atoms with E-state index in [2.05, 4.69) is 226 Å². The number of benzene rings is 9. The Morgan fingerprint density at radius 3 is 1.50 bits per heavy atom. The quantitative estimate of drug-likeness (QED) is 0.165. The average molecular weight is 758 g/mol. The molecule has 0 aliphatic heterocycles. The van der Waals surface area contributed by atoms with Gasteiger partial charge in [-0.2, -0.15) is 0 Å². The van der Waals surface area contributed by atoms with Crippen LogP contribution in [0.2, 0.25) is 0 Å². The van der Waals surface area contributed by atoms with Gasteiger partial charge in [-0.1, -0.05) is 115 Å². The molecule has 0 unspecified atom stereocenters. The van der Waals surface area contributed by atoms with Crippen LogP contribution in [0, 0.1) is 0 Å². The van der Waals surface area contributed by atoms with Crippen LogP contribution in [0.3, 0.4) is 0 Å². The minimum absolute atomic E-state index is 1.10. The van der Waals surface area contributed by atoms with Gasteiger partial charge in [0.1, 0.15) is 0 Å². The second-order valence-electron chi connectivity index (χ2n) is 15.0. The van der Waals surface area contributed by atoms with Crippen LogP contribution in [0.4, 0.5) is 17.1 Å². The van der Waals surface area contributed by atoms with E-state index >= 15 is 0 Å². The summed E-state index contributed by atoms with van der Waals surface area (Å²) < 4.78 is 7.50. The lowest BCUT2D eigenvalue weighted by molar-refractivity contribution is 1.16. The van der Waals surface area contributed by atoms with Crippen LogP contribution in [0.15, 0.2) is 212 Å². The standard InChI is InChI=1S/C54H35N3S/c1-3-14-38(15-4-1)55(39-16-5-2-6-17-39)40-18-13-19-41(34-40)56-51-30-27-36(37-26-29-46-45-22-9-12-25-53(45)58-54(46)33-37)32-47(51)48-35-42(28-31-52(48)56)57-49-23-10-7-20-43(49)44-21-8-11-24-50(44)57/h1-35H. The summed E-state index contributed by atoms with van der Waals surface area (Å²) in [7, 11) is 0. The third kappa shape index (κ3) is 5.12. The van der Waals surface area contributed by atoms with E-state index in [1.165, 1.54) is 74.9 Å². The maximum Gasteiger partial charge on any atom is 0.0542 e. The molecule has 0 bridgehead atoms. The van der Waals surface area contributed by atoms with E-state index < -0.39 is 0 Å². The van der Waals surface area contributed by atoms with Gasteiger partial charge in [0.05, 0.1) is 22.1 Å². The highest BCUT2D eigenvalue weighted by molar-refractivity contribution is 7.25. The minimum atomic E-state index is 1.10. The van der Waals surface area contributed by atoms with E-state index in [0.717, 1.165) is 28.4 Å². The molecule has 3 heterocycles. The Hall–Kier alpha value is -7.40. The van der Waals surface area contributed by atoms with Crippen molar-refractivity contribution >= 4 is 92.2 Å². The van der Waals surface area contributed by atoms with E-state index in [4.69, 9.17) is 0 Å². The fourth-order valence-corrected chi connectivity index (χ4v) is 10.2. The lowest BCUT2D eigenvalue weighted by Gasteiger charge is -2.26. The van der Waals surface area contributed by atoms with Gasteiger partial charge in [-0.25, -0.2) is 0 Å². The molecule has 0 N–H and O–H groups in total. The van der Waals surface area contributed by atoms with Crippen LogP contribution in [-0.2, 0) is 0 Å². The largest absolute Gasteiger partial charge is 0.310 e. The molecule has 0 aliphatic rings. The molecule has 4 heteroatoms. The zero-order valence-corrected chi connectivity index (χ0v) is 32.3. The summed E-state index contributed by atoms with van der Waals surface area (Å²) in [6, 6.07) is 77.4. The molecule has 0 saturated heterocycles. The van der Waals surface area contributed by atoms with Crippen molar-refractivity contribution in [2.24, 2.45) is 0 Å². The number of anilines is 3. The van der Waals surface area contributed by atoms with E-state index in [0.29, 0.717) is 0 Å². The molecule has 0 aliphatic carbocycles. The van der Waals surface area contributed by atoms with Crippen molar-refractivity contribution in [3.63, 3.8) is 0 Å². The molecule has 3 nitrogen and oxygen atoms in total. The number of aromatic nitrogens is 2.